The van der Waals surface area contributed by atoms with Gasteiger partial charge in [-0.3, -0.25) is 9.48 Å². The van der Waals surface area contributed by atoms with Gasteiger partial charge in [-0.05, 0) is 29.3 Å². The summed E-state index contributed by atoms with van der Waals surface area (Å²) in [5.74, 6) is 0.574. The van der Waals surface area contributed by atoms with Crippen molar-refractivity contribution >= 4 is 22.6 Å². The highest BCUT2D eigenvalue weighted by Crippen LogP contribution is 2.28. The highest BCUT2D eigenvalue weighted by Gasteiger charge is 2.13. The van der Waals surface area contributed by atoms with Crippen molar-refractivity contribution < 1.29 is 9.53 Å². The summed E-state index contributed by atoms with van der Waals surface area (Å²) in [7, 11) is 1.64. The molecule has 3 heterocycles. The van der Waals surface area contributed by atoms with Gasteiger partial charge in [-0.15, -0.1) is 0 Å². The largest absolute Gasteiger partial charge is 0.497 e. The zero-order valence-electron chi connectivity index (χ0n) is 17.4. The molecule has 0 radical (unpaired) electrons. The number of aromatic nitrogens is 4. The van der Waals surface area contributed by atoms with E-state index in [1.54, 1.807) is 36.6 Å². The van der Waals surface area contributed by atoms with E-state index in [2.05, 4.69) is 20.4 Å². The first-order valence-electron chi connectivity index (χ1n) is 10.2. The molecular formula is C25H21N5O2. The van der Waals surface area contributed by atoms with Gasteiger partial charge in [0.15, 0.2) is 0 Å². The Morgan fingerprint density at radius 2 is 1.88 bits per heavy atom. The second-order valence-electron chi connectivity index (χ2n) is 7.42. The molecule has 7 heteroatoms. The summed E-state index contributed by atoms with van der Waals surface area (Å²) >= 11 is 0. The highest BCUT2D eigenvalue weighted by atomic mass is 16.5. The van der Waals surface area contributed by atoms with Crippen LogP contribution in [-0.2, 0) is 6.54 Å². The fraction of sp³-hybridized carbons (Fsp3) is 0.0800. The molecule has 0 bridgehead atoms. The van der Waals surface area contributed by atoms with Gasteiger partial charge in [-0.2, -0.15) is 5.10 Å². The Morgan fingerprint density at radius 1 is 1.06 bits per heavy atom. The van der Waals surface area contributed by atoms with Crippen LogP contribution in [0.15, 0.2) is 85.5 Å². The van der Waals surface area contributed by atoms with Crippen LogP contribution < -0.4 is 10.1 Å². The maximum atomic E-state index is 12.8. The van der Waals surface area contributed by atoms with Gasteiger partial charge < -0.3 is 15.0 Å². The number of carbonyl (C=O) groups is 1. The monoisotopic (exact) mass is 423 g/mol. The van der Waals surface area contributed by atoms with E-state index in [-0.39, 0.29) is 5.91 Å². The minimum Gasteiger partial charge on any atom is -0.497 e. The van der Waals surface area contributed by atoms with Crippen molar-refractivity contribution in [3.63, 3.8) is 0 Å². The summed E-state index contributed by atoms with van der Waals surface area (Å²) in [5, 5.41) is 8.13. The van der Waals surface area contributed by atoms with Gasteiger partial charge >= 0.3 is 0 Å². The van der Waals surface area contributed by atoms with Crippen molar-refractivity contribution in [1.82, 2.24) is 19.7 Å². The third-order valence-corrected chi connectivity index (χ3v) is 5.29. The number of H-pyrrole nitrogens is 1. The van der Waals surface area contributed by atoms with Gasteiger partial charge in [-0.25, -0.2) is 4.98 Å². The van der Waals surface area contributed by atoms with Crippen LogP contribution in [0, 0.1) is 0 Å². The molecule has 7 nitrogen and oxygen atoms in total. The molecule has 0 fully saturated rings. The minimum atomic E-state index is -0.222. The molecular weight excluding hydrogens is 402 g/mol. The van der Waals surface area contributed by atoms with E-state index in [0.717, 1.165) is 27.8 Å². The second-order valence-corrected chi connectivity index (χ2v) is 7.42. The molecule has 0 aliphatic rings. The summed E-state index contributed by atoms with van der Waals surface area (Å²) < 4.78 is 6.98. The Hall–Kier alpha value is -4.39. The van der Waals surface area contributed by atoms with Gasteiger partial charge in [0.25, 0.3) is 5.91 Å². The van der Waals surface area contributed by atoms with Crippen LogP contribution in [0.5, 0.6) is 5.75 Å². The van der Waals surface area contributed by atoms with E-state index in [1.165, 1.54) is 0 Å². The number of amides is 1. The molecule has 1 amide bonds. The zero-order chi connectivity index (χ0) is 21.9. The summed E-state index contributed by atoms with van der Waals surface area (Å²) in [4.78, 5) is 20.4. The quantitative estimate of drug-likeness (QED) is 0.413. The Kier molecular flexibility index (Phi) is 5.13. The molecule has 0 aliphatic heterocycles. The molecule has 0 saturated heterocycles. The number of ether oxygens (including phenoxy) is 1. The first-order chi connectivity index (χ1) is 15.7. The second kappa shape index (κ2) is 8.39. The average Bonchev–Trinajstić information content (AvgIpc) is 3.47. The number of aromatic amines is 1. The lowest BCUT2D eigenvalue weighted by Crippen LogP contribution is -2.11. The van der Waals surface area contributed by atoms with Gasteiger partial charge in [0.2, 0.25) is 0 Å². The molecule has 0 unspecified atom stereocenters. The summed E-state index contributed by atoms with van der Waals surface area (Å²) in [5.41, 5.74) is 4.96. The van der Waals surface area contributed by atoms with E-state index in [9.17, 15) is 4.79 Å². The van der Waals surface area contributed by atoms with Crippen LogP contribution in [-0.4, -0.2) is 32.8 Å². The molecule has 5 aromatic rings. The third kappa shape index (κ3) is 3.96. The third-order valence-electron chi connectivity index (χ3n) is 5.29. The maximum absolute atomic E-state index is 12.8. The van der Waals surface area contributed by atoms with E-state index in [1.807, 2.05) is 60.7 Å². The molecule has 158 valence electrons. The molecule has 5 rings (SSSR count). The topological polar surface area (TPSA) is 84.8 Å². The number of benzene rings is 2. The molecule has 0 atom stereocenters. The Bertz CT molecular complexity index is 1370. The van der Waals surface area contributed by atoms with Crippen LogP contribution in [0.1, 0.15) is 15.9 Å². The fourth-order valence-corrected chi connectivity index (χ4v) is 3.58. The number of fused-ring (bicyclic) bond motifs is 1. The maximum Gasteiger partial charge on any atom is 0.258 e. The smallest absolute Gasteiger partial charge is 0.258 e. The lowest BCUT2D eigenvalue weighted by molar-refractivity contribution is 0.102. The van der Waals surface area contributed by atoms with E-state index in [4.69, 9.17) is 4.74 Å². The van der Waals surface area contributed by atoms with Crippen molar-refractivity contribution in [2.75, 3.05) is 12.4 Å². The van der Waals surface area contributed by atoms with E-state index >= 15 is 0 Å². The number of hydrogen-bond acceptors (Lipinski definition) is 4. The summed E-state index contributed by atoms with van der Waals surface area (Å²) in [6.07, 6.45) is 6.88. The van der Waals surface area contributed by atoms with Gasteiger partial charge in [0.05, 0.1) is 31.1 Å². The number of rotatable bonds is 6. The fourth-order valence-electron chi connectivity index (χ4n) is 3.58. The van der Waals surface area contributed by atoms with Crippen molar-refractivity contribution in [2.24, 2.45) is 0 Å². The van der Waals surface area contributed by atoms with Crippen LogP contribution in [0.2, 0.25) is 0 Å². The number of carbonyl (C=O) groups excluding carboxylic acids is 1. The van der Waals surface area contributed by atoms with E-state index < -0.39 is 0 Å². The first kappa shape index (κ1) is 19.6. The number of nitrogens with zero attached hydrogens (tertiary/aromatic N) is 3. The predicted octanol–water partition coefficient (Wildman–Crippen LogP) is 4.74. The van der Waals surface area contributed by atoms with Gasteiger partial charge in [0, 0.05) is 29.5 Å². The van der Waals surface area contributed by atoms with Crippen molar-refractivity contribution in [3.05, 3.63) is 96.6 Å². The average molecular weight is 423 g/mol. The van der Waals surface area contributed by atoms with Crippen LogP contribution in [0.25, 0.3) is 22.2 Å². The van der Waals surface area contributed by atoms with Crippen molar-refractivity contribution in [1.29, 1.82) is 0 Å². The molecule has 0 spiro atoms. The molecule has 2 N–H and O–H groups in total. The lowest BCUT2D eigenvalue weighted by Gasteiger charge is -2.05. The molecule has 32 heavy (non-hydrogen) atoms. The molecule has 0 saturated carbocycles. The number of hydrogen-bond donors (Lipinski definition) is 2. The zero-order valence-corrected chi connectivity index (χ0v) is 17.4. The number of pyridine rings is 1. The summed E-state index contributed by atoms with van der Waals surface area (Å²) in [6.45, 7) is 0.607. The van der Waals surface area contributed by atoms with Gasteiger partial charge in [-0.1, -0.05) is 42.5 Å². The Morgan fingerprint density at radius 3 is 2.66 bits per heavy atom. The van der Waals surface area contributed by atoms with Crippen molar-refractivity contribution in [3.8, 4) is 16.9 Å². The van der Waals surface area contributed by atoms with Crippen LogP contribution in [0.3, 0.4) is 0 Å². The Balaban J connectivity index is 1.36. The SMILES string of the molecule is COc1ccc(-c2cnc3[nH]cc(NC(=O)c4cnn(Cc5ccccc5)c4)c3c2)cc1. The predicted molar refractivity (Wildman–Crippen MR) is 124 cm³/mol. The number of nitrogens with one attached hydrogen (secondary N) is 2. The molecule has 0 aliphatic carbocycles. The standard InChI is InChI=1S/C25H21N5O2/c1-32-21-9-7-18(8-10-21)19-11-22-23(14-27-24(22)26-12-19)29-25(31)20-13-28-30(16-20)15-17-5-3-2-4-6-17/h2-14,16H,15H2,1H3,(H,26,27)(H,29,31). The first-order valence-corrected chi connectivity index (χ1v) is 10.2. The number of methoxy groups -OCH3 is 1. The van der Waals surface area contributed by atoms with E-state index in [0.29, 0.717) is 23.4 Å². The highest BCUT2D eigenvalue weighted by molar-refractivity contribution is 6.08. The van der Waals surface area contributed by atoms with Crippen molar-refractivity contribution in [2.45, 2.75) is 6.54 Å². The van der Waals surface area contributed by atoms with Gasteiger partial charge in [0.1, 0.15) is 11.4 Å². The van der Waals surface area contributed by atoms with Crippen LogP contribution in [0.4, 0.5) is 5.69 Å². The summed E-state index contributed by atoms with van der Waals surface area (Å²) in [6, 6.07) is 19.8. The normalized spacial score (nSPS) is 10.9. The molecule has 3 aromatic heterocycles. The number of anilines is 1. The minimum absolute atomic E-state index is 0.222. The molecule has 2 aromatic carbocycles. The van der Waals surface area contributed by atoms with Crippen LogP contribution >= 0.6 is 0 Å². The lowest BCUT2D eigenvalue weighted by atomic mass is 10.1. The Labute approximate surface area is 184 Å².